The van der Waals surface area contributed by atoms with Crippen molar-refractivity contribution in [1.29, 1.82) is 0 Å². The number of aromatic nitrogens is 1. The van der Waals surface area contributed by atoms with Crippen molar-refractivity contribution < 1.29 is 22.8 Å². The number of hydrogen-bond acceptors (Lipinski definition) is 4. The molecule has 0 radical (unpaired) electrons. The minimum atomic E-state index is -4.70. The molecule has 0 fully saturated rings. The zero-order chi connectivity index (χ0) is 16.3. The SMILES string of the molecule is Cc1cccnc1OCc1c([N+](=O)[O-])cccc1C(F)(F)F. The summed E-state index contributed by atoms with van der Waals surface area (Å²) in [5.74, 6) is 0.133. The predicted molar refractivity (Wildman–Crippen MR) is 71.4 cm³/mol. The number of pyridine rings is 1. The summed E-state index contributed by atoms with van der Waals surface area (Å²) in [5.41, 5.74) is -1.63. The maximum atomic E-state index is 13.0. The fourth-order valence-electron chi connectivity index (χ4n) is 1.93. The van der Waals surface area contributed by atoms with Gasteiger partial charge in [-0.3, -0.25) is 10.1 Å². The minimum absolute atomic E-state index is 0.133. The average molecular weight is 312 g/mol. The first-order chi connectivity index (χ1) is 10.3. The van der Waals surface area contributed by atoms with Crippen LogP contribution in [0.5, 0.6) is 5.88 Å². The summed E-state index contributed by atoms with van der Waals surface area (Å²) in [7, 11) is 0. The van der Waals surface area contributed by atoms with Crippen LogP contribution >= 0.6 is 0 Å². The van der Waals surface area contributed by atoms with Gasteiger partial charge in [0, 0.05) is 17.8 Å². The molecule has 22 heavy (non-hydrogen) atoms. The first-order valence-corrected chi connectivity index (χ1v) is 6.18. The van der Waals surface area contributed by atoms with Gasteiger partial charge < -0.3 is 4.74 Å². The van der Waals surface area contributed by atoms with Crippen LogP contribution in [0.4, 0.5) is 18.9 Å². The molecule has 0 spiro atoms. The summed E-state index contributed by atoms with van der Waals surface area (Å²) in [6.45, 7) is 1.08. The highest BCUT2D eigenvalue weighted by Gasteiger charge is 2.36. The van der Waals surface area contributed by atoms with Crippen molar-refractivity contribution in [2.24, 2.45) is 0 Å². The van der Waals surface area contributed by atoms with Crippen molar-refractivity contribution in [3.63, 3.8) is 0 Å². The van der Waals surface area contributed by atoms with E-state index in [0.29, 0.717) is 5.56 Å². The highest BCUT2D eigenvalue weighted by Crippen LogP contribution is 2.36. The molecule has 1 heterocycles. The Hall–Kier alpha value is -2.64. The molecule has 0 aliphatic rings. The zero-order valence-electron chi connectivity index (χ0n) is 11.4. The molecule has 0 amide bonds. The van der Waals surface area contributed by atoms with Gasteiger partial charge in [0.1, 0.15) is 6.61 Å². The third-order valence-electron chi connectivity index (χ3n) is 2.97. The van der Waals surface area contributed by atoms with E-state index in [1.54, 1.807) is 19.1 Å². The summed E-state index contributed by atoms with van der Waals surface area (Å²) >= 11 is 0. The van der Waals surface area contributed by atoms with E-state index in [4.69, 9.17) is 4.74 Å². The molecule has 0 aliphatic carbocycles. The van der Waals surface area contributed by atoms with Crippen molar-refractivity contribution in [2.75, 3.05) is 0 Å². The Kier molecular flexibility index (Phi) is 4.30. The number of ether oxygens (including phenoxy) is 1. The molecular formula is C14H11F3N2O3. The number of nitro benzene ring substituents is 1. The quantitative estimate of drug-likeness (QED) is 0.634. The lowest BCUT2D eigenvalue weighted by molar-refractivity contribution is -0.386. The molecule has 0 bridgehead atoms. The second kappa shape index (κ2) is 6.00. The van der Waals surface area contributed by atoms with Gasteiger partial charge in [0.05, 0.1) is 16.1 Å². The molecule has 0 saturated carbocycles. The molecule has 0 N–H and O–H groups in total. The van der Waals surface area contributed by atoms with Gasteiger partial charge in [0.25, 0.3) is 5.69 Å². The Balaban J connectivity index is 2.40. The summed E-state index contributed by atoms with van der Waals surface area (Å²) in [6, 6.07) is 6.12. The van der Waals surface area contributed by atoms with E-state index in [2.05, 4.69) is 4.98 Å². The van der Waals surface area contributed by atoms with E-state index < -0.39 is 34.5 Å². The fourth-order valence-corrected chi connectivity index (χ4v) is 1.93. The number of nitro groups is 1. The third-order valence-corrected chi connectivity index (χ3v) is 2.97. The topological polar surface area (TPSA) is 65.3 Å². The summed E-state index contributed by atoms with van der Waals surface area (Å²) in [4.78, 5) is 14.0. The van der Waals surface area contributed by atoms with Crippen molar-refractivity contribution in [2.45, 2.75) is 19.7 Å². The molecule has 2 aromatic rings. The molecule has 0 aliphatic heterocycles. The lowest BCUT2D eigenvalue weighted by Crippen LogP contribution is -2.13. The third kappa shape index (κ3) is 3.33. The number of benzene rings is 1. The van der Waals surface area contributed by atoms with Gasteiger partial charge in [-0.2, -0.15) is 13.2 Å². The minimum Gasteiger partial charge on any atom is -0.472 e. The van der Waals surface area contributed by atoms with Crippen LogP contribution in [0.25, 0.3) is 0 Å². The summed E-state index contributed by atoms with van der Waals surface area (Å²) in [5, 5.41) is 10.9. The standard InChI is InChI=1S/C14H11F3N2O3/c1-9-4-3-7-18-13(9)22-8-10-11(14(15,16)17)5-2-6-12(10)19(20)21/h2-7H,8H2,1H3. The molecule has 0 saturated heterocycles. The van der Waals surface area contributed by atoms with Crippen LogP contribution in [-0.2, 0) is 12.8 Å². The normalized spacial score (nSPS) is 11.3. The first-order valence-electron chi connectivity index (χ1n) is 6.18. The van der Waals surface area contributed by atoms with Crippen LogP contribution in [-0.4, -0.2) is 9.91 Å². The van der Waals surface area contributed by atoms with E-state index in [9.17, 15) is 23.3 Å². The van der Waals surface area contributed by atoms with Crippen LogP contribution in [0, 0.1) is 17.0 Å². The van der Waals surface area contributed by atoms with Gasteiger partial charge in [-0.1, -0.05) is 12.1 Å². The molecule has 0 unspecified atom stereocenters. The van der Waals surface area contributed by atoms with E-state index in [-0.39, 0.29) is 5.88 Å². The Labute approximate surface area is 123 Å². The van der Waals surface area contributed by atoms with E-state index in [1.165, 1.54) is 6.20 Å². The molecule has 116 valence electrons. The van der Waals surface area contributed by atoms with Crippen molar-refractivity contribution >= 4 is 5.69 Å². The Morgan fingerprint density at radius 3 is 2.59 bits per heavy atom. The maximum Gasteiger partial charge on any atom is 0.417 e. The summed E-state index contributed by atoms with van der Waals surface area (Å²) < 4.78 is 44.2. The lowest BCUT2D eigenvalue weighted by Gasteiger charge is -2.14. The lowest BCUT2D eigenvalue weighted by atomic mass is 10.1. The molecule has 8 heteroatoms. The van der Waals surface area contributed by atoms with Gasteiger partial charge in [0.2, 0.25) is 5.88 Å². The van der Waals surface area contributed by atoms with Crippen molar-refractivity contribution in [1.82, 2.24) is 4.98 Å². The van der Waals surface area contributed by atoms with Crippen molar-refractivity contribution in [3.8, 4) is 5.88 Å². The molecule has 2 rings (SSSR count). The van der Waals surface area contributed by atoms with Crippen LogP contribution < -0.4 is 4.74 Å². The van der Waals surface area contributed by atoms with Gasteiger partial charge in [-0.15, -0.1) is 0 Å². The van der Waals surface area contributed by atoms with Gasteiger partial charge in [0.15, 0.2) is 0 Å². The number of halogens is 3. The predicted octanol–water partition coefficient (Wildman–Crippen LogP) is 3.90. The molecule has 1 aromatic heterocycles. The van der Waals surface area contributed by atoms with Gasteiger partial charge in [-0.05, 0) is 19.1 Å². The molecule has 1 aromatic carbocycles. The number of hydrogen-bond donors (Lipinski definition) is 0. The van der Waals surface area contributed by atoms with E-state index in [0.717, 1.165) is 18.2 Å². The maximum absolute atomic E-state index is 13.0. The van der Waals surface area contributed by atoms with Crippen LogP contribution in [0.3, 0.4) is 0 Å². The van der Waals surface area contributed by atoms with E-state index in [1.807, 2.05) is 0 Å². The largest absolute Gasteiger partial charge is 0.472 e. The highest BCUT2D eigenvalue weighted by atomic mass is 19.4. The monoisotopic (exact) mass is 312 g/mol. The van der Waals surface area contributed by atoms with Crippen molar-refractivity contribution in [3.05, 3.63) is 63.3 Å². The zero-order valence-corrected chi connectivity index (χ0v) is 11.4. The number of alkyl halides is 3. The smallest absolute Gasteiger partial charge is 0.417 e. The first kappa shape index (κ1) is 15.7. The van der Waals surface area contributed by atoms with Gasteiger partial charge in [-0.25, -0.2) is 4.98 Å². The second-order valence-electron chi connectivity index (χ2n) is 4.47. The average Bonchev–Trinajstić information content (AvgIpc) is 2.45. The van der Waals surface area contributed by atoms with Crippen LogP contribution in [0.2, 0.25) is 0 Å². The highest BCUT2D eigenvalue weighted by molar-refractivity contribution is 5.46. The fraction of sp³-hybridized carbons (Fsp3) is 0.214. The number of rotatable bonds is 4. The van der Waals surface area contributed by atoms with Crippen LogP contribution in [0.1, 0.15) is 16.7 Å². The summed E-state index contributed by atoms with van der Waals surface area (Å²) in [6.07, 6.45) is -3.28. The Morgan fingerprint density at radius 2 is 2.00 bits per heavy atom. The number of nitrogens with zero attached hydrogens (tertiary/aromatic N) is 2. The molecule has 5 nitrogen and oxygen atoms in total. The Morgan fingerprint density at radius 1 is 1.27 bits per heavy atom. The Bertz CT molecular complexity index is 702. The van der Waals surface area contributed by atoms with E-state index >= 15 is 0 Å². The molecular weight excluding hydrogens is 301 g/mol. The molecule has 0 atom stereocenters. The number of aryl methyl sites for hydroxylation is 1. The van der Waals surface area contributed by atoms with Crippen LogP contribution in [0.15, 0.2) is 36.5 Å². The second-order valence-corrected chi connectivity index (χ2v) is 4.47. The van der Waals surface area contributed by atoms with Gasteiger partial charge >= 0.3 is 6.18 Å².